The van der Waals surface area contributed by atoms with Crippen molar-refractivity contribution in [3.8, 4) is 34.3 Å². The van der Waals surface area contributed by atoms with Crippen LogP contribution in [0.3, 0.4) is 0 Å². The van der Waals surface area contributed by atoms with Crippen molar-refractivity contribution in [2.24, 2.45) is 0 Å². The number of phenolic OH excluding ortho intramolecular Hbond substituents is 1. The van der Waals surface area contributed by atoms with E-state index in [9.17, 15) is 5.11 Å². The average Bonchev–Trinajstić information content (AvgIpc) is 2.98. The van der Waals surface area contributed by atoms with Crippen LogP contribution in [0.1, 0.15) is 0 Å². The zero-order chi connectivity index (χ0) is 14.8. The van der Waals surface area contributed by atoms with Crippen molar-refractivity contribution < 1.29 is 14.4 Å². The Hall–Kier alpha value is -2.34. The van der Waals surface area contributed by atoms with Gasteiger partial charge < -0.3 is 14.4 Å². The maximum Gasteiger partial charge on any atom is 0.262 e. The van der Waals surface area contributed by atoms with Crippen LogP contribution >= 0.6 is 15.9 Å². The number of aromatic nitrogens is 2. The van der Waals surface area contributed by atoms with Crippen molar-refractivity contribution in [1.29, 1.82) is 0 Å². The maximum absolute atomic E-state index is 9.91. The summed E-state index contributed by atoms with van der Waals surface area (Å²) in [6.07, 6.45) is 0. The molecule has 0 aliphatic carbocycles. The fourth-order valence-corrected chi connectivity index (χ4v) is 2.13. The van der Waals surface area contributed by atoms with E-state index in [1.807, 2.05) is 24.3 Å². The third-order valence-electron chi connectivity index (χ3n) is 2.96. The SMILES string of the molecule is COc1ccc(O)c(-c2nc(-c3ccc(Br)cc3)no2)c1. The van der Waals surface area contributed by atoms with E-state index in [1.165, 1.54) is 6.07 Å². The molecule has 0 radical (unpaired) electrons. The van der Waals surface area contributed by atoms with Gasteiger partial charge in [-0.1, -0.05) is 21.1 Å². The molecule has 5 nitrogen and oxygen atoms in total. The average molecular weight is 347 g/mol. The van der Waals surface area contributed by atoms with Gasteiger partial charge in [0, 0.05) is 10.0 Å². The number of hydrogen-bond acceptors (Lipinski definition) is 5. The number of ether oxygens (including phenoxy) is 1. The highest BCUT2D eigenvalue weighted by atomic mass is 79.9. The molecule has 2 aromatic carbocycles. The zero-order valence-corrected chi connectivity index (χ0v) is 12.7. The van der Waals surface area contributed by atoms with Gasteiger partial charge in [0.25, 0.3) is 5.89 Å². The first kappa shape index (κ1) is 13.6. The molecule has 0 bridgehead atoms. The Morgan fingerprint density at radius 1 is 1.14 bits per heavy atom. The Morgan fingerprint density at radius 2 is 1.90 bits per heavy atom. The molecule has 6 heteroatoms. The molecule has 0 atom stereocenters. The predicted octanol–water partition coefficient (Wildman–Crippen LogP) is 3.88. The minimum Gasteiger partial charge on any atom is -0.507 e. The molecule has 3 rings (SSSR count). The number of aromatic hydroxyl groups is 1. The first-order valence-corrected chi connectivity index (χ1v) is 6.93. The molecule has 1 N–H and O–H groups in total. The largest absolute Gasteiger partial charge is 0.507 e. The van der Waals surface area contributed by atoms with E-state index in [0.29, 0.717) is 17.1 Å². The maximum atomic E-state index is 9.91. The molecule has 0 amide bonds. The highest BCUT2D eigenvalue weighted by molar-refractivity contribution is 9.10. The predicted molar refractivity (Wildman–Crippen MR) is 81.1 cm³/mol. The third kappa shape index (κ3) is 2.75. The van der Waals surface area contributed by atoms with E-state index in [1.54, 1.807) is 19.2 Å². The zero-order valence-electron chi connectivity index (χ0n) is 11.1. The first-order chi connectivity index (χ1) is 10.2. The van der Waals surface area contributed by atoms with Crippen LogP contribution in [-0.4, -0.2) is 22.4 Å². The lowest BCUT2D eigenvalue weighted by Gasteiger charge is -2.02. The van der Waals surface area contributed by atoms with Crippen LogP contribution in [0.25, 0.3) is 22.8 Å². The van der Waals surface area contributed by atoms with E-state index in [-0.39, 0.29) is 11.6 Å². The second-order valence-electron chi connectivity index (χ2n) is 4.31. The molecule has 0 saturated heterocycles. The van der Waals surface area contributed by atoms with E-state index < -0.39 is 0 Å². The van der Waals surface area contributed by atoms with E-state index in [2.05, 4.69) is 26.1 Å². The van der Waals surface area contributed by atoms with Gasteiger partial charge in [-0.05, 0) is 42.5 Å². The highest BCUT2D eigenvalue weighted by Crippen LogP contribution is 2.32. The van der Waals surface area contributed by atoms with Crippen molar-refractivity contribution in [3.05, 3.63) is 46.9 Å². The van der Waals surface area contributed by atoms with Gasteiger partial charge in [-0.3, -0.25) is 0 Å². The molecule has 0 aliphatic heterocycles. The number of halogens is 1. The molecule has 106 valence electrons. The lowest BCUT2D eigenvalue weighted by molar-refractivity contribution is 0.408. The Labute approximate surface area is 129 Å². The number of hydrogen-bond donors (Lipinski definition) is 1. The van der Waals surface area contributed by atoms with Crippen LogP contribution < -0.4 is 4.74 Å². The van der Waals surface area contributed by atoms with Crippen LogP contribution in [0.4, 0.5) is 0 Å². The lowest BCUT2D eigenvalue weighted by Crippen LogP contribution is -1.85. The molecule has 0 unspecified atom stereocenters. The summed E-state index contributed by atoms with van der Waals surface area (Å²) in [5, 5.41) is 13.8. The molecular weight excluding hydrogens is 336 g/mol. The monoisotopic (exact) mass is 346 g/mol. The number of rotatable bonds is 3. The topological polar surface area (TPSA) is 68.4 Å². The molecule has 0 aliphatic rings. The molecule has 0 spiro atoms. The summed E-state index contributed by atoms with van der Waals surface area (Å²) in [5.41, 5.74) is 1.26. The first-order valence-electron chi connectivity index (χ1n) is 6.14. The Morgan fingerprint density at radius 3 is 2.62 bits per heavy atom. The van der Waals surface area contributed by atoms with Crippen molar-refractivity contribution >= 4 is 15.9 Å². The Balaban J connectivity index is 2.00. The molecule has 1 heterocycles. The summed E-state index contributed by atoms with van der Waals surface area (Å²) in [5.74, 6) is 1.36. The fourth-order valence-electron chi connectivity index (χ4n) is 1.86. The van der Waals surface area contributed by atoms with Crippen molar-refractivity contribution in [2.75, 3.05) is 7.11 Å². The normalized spacial score (nSPS) is 10.6. The fraction of sp³-hybridized carbons (Fsp3) is 0.0667. The van der Waals surface area contributed by atoms with Crippen LogP contribution in [0.5, 0.6) is 11.5 Å². The summed E-state index contributed by atoms with van der Waals surface area (Å²) >= 11 is 3.37. The second-order valence-corrected chi connectivity index (χ2v) is 5.23. The van der Waals surface area contributed by atoms with Gasteiger partial charge in [0.15, 0.2) is 0 Å². The van der Waals surface area contributed by atoms with Gasteiger partial charge in [-0.25, -0.2) is 0 Å². The highest BCUT2D eigenvalue weighted by Gasteiger charge is 2.15. The van der Waals surface area contributed by atoms with Gasteiger partial charge in [-0.15, -0.1) is 0 Å². The van der Waals surface area contributed by atoms with E-state index in [0.717, 1.165) is 10.0 Å². The number of benzene rings is 2. The molecule has 0 fully saturated rings. The van der Waals surface area contributed by atoms with Crippen LogP contribution in [-0.2, 0) is 0 Å². The summed E-state index contributed by atoms with van der Waals surface area (Å²) in [4.78, 5) is 4.31. The minimum atomic E-state index is 0.0572. The van der Waals surface area contributed by atoms with Gasteiger partial charge >= 0.3 is 0 Å². The summed E-state index contributed by atoms with van der Waals surface area (Å²) in [6, 6.07) is 12.4. The summed E-state index contributed by atoms with van der Waals surface area (Å²) in [7, 11) is 1.55. The summed E-state index contributed by atoms with van der Waals surface area (Å²) in [6.45, 7) is 0. The number of nitrogens with zero attached hydrogens (tertiary/aromatic N) is 2. The van der Waals surface area contributed by atoms with Gasteiger partial charge in [0.05, 0.1) is 12.7 Å². The van der Waals surface area contributed by atoms with Crippen molar-refractivity contribution in [2.45, 2.75) is 0 Å². The van der Waals surface area contributed by atoms with E-state index >= 15 is 0 Å². The van der Waals surface area contributed by atoms with Crippen LogP contribution in [0.15, 0.2) is 51.5 Å². The van der Waals surface area contributed by atoms with Crippen LogP contribution in [0, 0.1) is 0 Å². The van der Waals surface area contributed by atoms with Gasteiger partial charge in [-0.2, -0.15) is 4.98 Å². The Kier molecular flexibility index (Phi) is 3.62. The second kappa shape index (κ2) is 5.57. The smallest absolute Gasteiger partial charge is 0.262 e. The molecular formula is C15H11BrN2O3. The quantitative estimate of drug-likeness (QED) is 0.779. The minimum absolute atomic E-state index is 0.0572. The number of phenols is 1. The van der Waals surface area contributed by atoms with Crippen LogP contribution in [0.2, 0.25) is 0 Å². The van der Waals surface area contributed by atoms with Gasteiger partial charge in [0.2, 0.25) is 5.82 Å². The number of methoxy groups -OCH3 is 1. The third-order valence-corrected chi connectivity index (χ3v) is 3.49. The standard InChI is InChI=1S/C15H11BrN2O3/c1-20-11-6-7-13(19)12(8-11)15-17-14(18-21-15)9-2-4-10(16)5-3-9/h2-8,19H,1H3. The Bertz CT molecular complexity index is 769. The molecule has 21 heavy (non-hydrogen) atoms. The summed E-state index contributed by atoms with van der Waals surface area (Å²) < 4.78 is 11.3. The molecule has 3 aromatic rings. The van der Waals surface area contributed by atoms with E-state index in [4.69, 9.17) is 9.26 Å². The van der Waals surface area contributed by atoms with Crippen molar-refractivity contribution in [3.63, 3.8) is 0 Å². The molecule has 0 saturated carbocycles. The lowest BCUT2D eigenvalue weighted by atomic mass is 10.2. The molecule has 1 aromatic heterocycles. The van der Waals surface area contributed by atoms with Crippen molar-refractivity contribution in [1.82, 2.24) is 10.1 Å². The van der Waals surface area contributed by atoms with Gasteiger partial charge in [0.1, 0.15) is 11.5 Å².